The molecular weight excluding hydrogens is 583 g/mol. The number of benzene rings is 3. The Bertz CT molecular complexity index is 1560. The molecule has 2 aliphatic heterocycles. The standard InChI is InChI=1S/C38H45FN2O3S/c39-33-25-31-32(24-27-10-14-30(15-11-27)44-36-9-3-2-8-34(36)41-20-4-1-5-21-41)38(45-37(31)26-35(33)42)28-12-16-29(17-13-28)43-23-22-40-18-6-7-19-40/h10-17,25-26,34,36,42H,1-9,18-24H2/t34-,36-/m1/s1. The molecule has 0 spiro atoms. The number of rotatable bonds is 10. The minimum atomic E-state index is -0.589. The van der Waals surface area contributed by atoms with E-state index in [1.165, 1.54) is 83.6 Å². The molecule has 5 nitrogen and oxygen atoms in total. The van der Waals surface area contributed by atoms with Crippen LogP contribution in [0.15, 0.2) is 60.7 Å². The molecule has 3 heterocycles. The third-order valence-electron chi connectivity index (χ3n) is 9.97. The second-order valence-electron chi connectivity index (χ2n) is 13.1. The lowest BCUT2D eigenvalue weighted by Crippen LogP contribution is -2.49. The molecule has 4 aromatic rings. The molecule has 3 aromatic carbocycles. The van der Waals surface area contributed by atoms with E-state index < -0.39 is 5.82 Å². The summed E-state index contributed by atoms with van der Waals surface area (Å²) < 4.78 is 28.2. The van der Waals surface area contributed by atoms with E-state index in [4.69, 9.17) is 9.47 Å². The van der Waals surface area contributed by atoms with Gasteiger partial charge in [-0.1, -0.05) is 25.0 Å². The maximum atomic E-state index is 14.6. The molecule has 2 saturated heterocycles. The monoisotopic (exact) mass is 628 g/mol. The molecule has 238 valence electrons. The summed E-state index contributed by atoms with van der Waals surface area (Å²) in [7, 11) is 0. The number of piperidine rings is 1. The van der Waals surface area contributed by atoms with Crippen LogP contribution in [0.5, 0.6) is 17.2 Å². The van der Waals surface area contributed by atoms with Crippen molar-refractivity contribution in [3.05, 3.63) is 77.6 Å². The average molecular weight is 629 g/mol. The van der Waals surface area contributed by atoms with Crippen LogP contribution in [-0.4, -0.2) is 66.4 Å². The van der Waals surface area contributed by atoms with Crippen molar-refractivity contribution in [2.75, 3.05) is 39.3 Å². The number of hydrogen-bond donors (Lipinski definition) is 1. The molecule has 1 N–H and O–H groups in total. The van der Waals surface area contributed by atoms with Crippen LogP contribution in [0.1, 0.15) is 68.9 Å². The summed E-state index contributed by atoms with van der Waals surface area (Å²) in [4.78, 5) is 6.22. The minimum Gasteiger partial charge on any atom is -0.505 e. The summed E-state index contributed by atoms with van der Waals surface area (Å²) in [6.07, 6.45) is 12.3. The van der Waals surface area contributed by atoms with Crippen molar-refractivity contribution in [3.63, 3.8) is 0 Å². The predicted octanol–water partition coefficient (Wildman–Crippen LogP) is 8.65. The van der Waals surface area contributed by atoms with Gasteiger partial charge in [0.2, 0.25) is 0 Å². The van der Waals surface area contributed by atoms with Gasteiger partial charge in [0, 0.05) is 28.2 Å². The van der Waals surface area contributed by atoms with Crippen LogP contribution in [0.25, 0.3) is 20.5 Å². The Morgan fingerprint density at radius 3 is 2.29 bits per heavy atom. The molecule has 2 atom stereocenters. The summed E-state index contributed by atoms with van der Waals surface area (Å²) in [6.45, 7) is 6.39. The summed E-state index contributed by atoms with van der Waals surface area (Å²) in [5.41, 5.74) is 3.29. The van der Waals surface area contributed by atoms with Crippen molar-refractivity contribution < 1.29 is 19.0 Å². The Hall–Kier alpha value is -3.13. The largest absolute Gasteiger partial charge is 0.505 e. The van der Waals surface area contributed by atoms with E-state index in [1.54, 1.807) is 17.4 Å². The van der Waals surface area contributed by atoms with Crippen LogP contribution in [0.3, 0.4) is 0 Å². The fourth-order valence-electron chi connectivity index (χ4n) is 7.51. The number of thiophene rings is 1. The predicted molar refractivity (Wildman–Crippen MR) is 181 cm³/mol. The first kappa shape index (κ1) is 30.5. The van der Waals surface area contributed by atoms with Gasteiger partial charge in [0.15, 0.2) is 11.6 Å². The lowest BCUT2D eigenvalue weighted by molar-refractivity contribution is 0.0261. The van der Waals surface area contributed by atoms with Gasteiger partial charge in [-0.3, -0.25) is 9.80 Å². The van der Waals surface area contributed by atoms with Gasteiger partial charge in [0.1, 0.15) is 24.2 Å². The number of hydrogen-bond acceptors (Lipinski definition) is 6. The SMILES string of the molecule is Oc1cc2sc(-c3ccc(OCCN4CCCC4)cc3)c(Cc3ccc(O[C@@H]4CCCC[C@H]4N4CCCCC4)cc3)c2cc1F. The fraction of sp³-hybridized carbons (Fsp3) is 0.474. The van der Waals surface area contributed by atoms with Crippen molar-refractivity contribution in [2.45, 2.75) is 76.4 Å². The van der Waals surface area contributed by atoms with Gasteiger partial charge >= 0.3 is 0 Å². The number of fused-ring (bicyclic) bond motifs is 1. The number of aromatic hydroxyl groups is 1. The van der Waals surface area contributed by atoms with E-state index in [1.807, 2.05) is 12.1 Å². The van der Waals surface area contributed by atoms with Crippen LogP contribution in [0, 0.1) is 5.82 Å². The summed E-state index contributed by atoms with van der Waals surface area (Å²) in [5, 5.41) is 11.0. The molecule has 1 saturated carbocycles. The number of halogens is 1. The third kappa shape index (κ3) is 7.16. The zero-order valence-corrected chi connectivity index (χ0v) is 27.0. The molecule has 0 radical (unpaired) electrons. The molecular formula is C38H45FN2O3S. The van der Waals surface area contributed by atoms with Crippen molar-refractivity contribution in [1.29, 1.82) is 0 Å². The lowest BCUT2D eigenvalue weighted by atomic mass is 9.90. The first-order chi connectivity index (χ1) is 22.1. The van der Waals surface area contributed by atoms with Gasteiger partial charge in [0.05, 0.1) is 0 Å². The normalized spacial score (nSPS) is 21.4. The van der Waals surface area contributed by atoms with Gasteiger partial charge in [-0.15, -0.1) is 11.3 Å². The molecule has 7 heteroatoms. The van der Waals surface area contributed by atoms with Gasteiger partial charge in [0.25, 0.3) is 0 Å². The third-order valence-corrected chi connectivity index (χ3v) is 11.2. The minimum absolute atomic E-state index is 0.248. The van der Waals surface area contributed by atoms with Crippen molar-refractivity contribution in [1.82, 2.24) is 9.80 Å². The Kier molecular flexibility index (Phi) is 9.57. The highest BCUT2D eigenvalue weighted by atomic mass is 32.1. The molecule has 0 bridgehead atoms. The molecule has 1 aliphatic carbocycles. The van der Waals surface area contributed by atoms with Crippen LogP contribution < -0.4 is 9.47 Å². The van der Waals surface area contributed by atoms with Crippen LogP contribution in [0.2, 0.25) is 0 Å². The second kappa shape index (κ2) is 14.1. The molecule has 0 amide bonds. The smallest absolute Gasteiger partial charge is 0.165 e. The van der Waals surface area contributed by atoms with Gasteiger partial charge in [-0.2, -0.15) is 0 Å². The van der Waals surface area contributed by atoms with Crippen molar-refractivity contribution in [3.8, 4) is 27.7 Å². The number of ether oxygens (including phenoxy) is 2. The topological polar surface area (TPSA) is 45.2 Å². The Balaban J connectivity index is 1.08. The zero-order chi connectivity index (χ0) is 30.6. The molecule has 3 aliphatic rings. The van der Waals surface area contributed by atoms with Crippen molar-refractivity contribution >= 4 is 21.4 Å². The maximum absolute atomic E-state index is 14.6. The first-order valence-electron chi connectivity index (χ1n) is 17.0. The highest BCUT2D eigenvalue weighted by Crippen LogP contribution is 2.42. The summed E-state index contributed by atoms with van der Waals surface area (Å²) >= 11 is 1.60. The summed E-state index contributed by atoms with van der Waals surface area (Å²) in [5.74, 6) is 0.893. The van der Waals surface area contributed by atoms with E-state index in [-0.39, 0.29) is 11.9 Å². The van der Waals surface area contributed by atoms with Crippen LogP contribution in [-0.2, 0) is 6.42 Å². The second-order valence-corrected chi connectivity index (χ2v) is 14.1. The molecule has 3 fully saturated rings. The lowest BCUT2D eigenvalue weighted by Gasteiger charge is -2.41. The van der Waals surface area contributed by atoms with E-state index >= 15 is 0 Å². The Morgan fingerprint density at radius 1 is 0.800 bits per heavy atom. The molecule has 7 rings (SSSR count). The highest BCUT2D eigenvalue weighted by molar-refractivity contribution is 7.22. The molecule has 1 aromatic heterocycles. The first-order valence-corrected chi connectivity index (χ1v) is 17.8. The van der Waals surface area contributed by atoms with E-state index in [0.29, 0.717) is 19.1 Å². The maximum Gasteiger partial charge on any atom is 0.165 e. The zero-order valence-electron chi connectivity index (χ0n) is 26.2. The van der Waals surface area contributed by atoms with Crippen LogP contribution >= 0.6 is 11.3 Å². The molecule has 45 heavy (non-hydrogen) atoms. The average Bonchev–Trinajstić information content (AvgIpc) is 3.71. The number of likely N-dealkylation sites (tertiary alicyclic amines) is 2. The van der Waals surface area contributed by atoms with Gasteiger partial charge < -0.3 is 14.6 Å². The Labute approximate surface area is 270 Å². The summed E-state index contributed by atoms with van der Waals surface area (Å²) in [6, 6.07) is 20.3. The number of nitrogens with zero attached hydrogens (tertiary/aromatic N) is 2. The van der Waals surface area contributed by atoms with Crippen LogP contribution in [0.4, 0.5) is 4.39 Å². The highest BCUT2D eigenvalue weighted by Gasteiger charge is 2.32. The quantitative estimate of drug-likeness (QED) is 0.190. The fourth-order valence-corrected chi connectivity index (χ4v) is 8.76. The van der Waals surface area contributed by atoms with Gasteiger partial charge in [-0.05, 0) is 142 Å². The number of phenolic OH excluding ortho intramolecular Hbond substituents is 1. The Morgan fingerprint density at radius 2 is 1.51 bits per heavy atom. The van der Waals surface area contributed by atoms with Crippen molar-refractivity contribution in [2.24, 2.45) is 0 Å². The number of phenols is 1. The van der Waals surface area contributed by atoms with E-state index in [9.17, 15) is 9.50 Å². The van der Waals surface area contributed by atoms with E-state index in [2.05, 4.69) is 46.2 Å². The van der Waals surface area contributed by atoms with Gasteiger partial charge in [-0.25, -0.2) is 4.39 Å². The van der Waals surface area contributed by atoms with E-state index in [0.717, 1.165) is 56.1 Å². The molecule has 0 unspecified atom stereocenters.